The second-order valence-electron chi connectivity index (χ2n) is 3.97. The van der Waals surface area contributed by atoms with Crippen LogP contribution in [-0.4, -0.2) is 24.0 Å². The molecule has 0 radical (unpaired) electrons. The summed E-state index contributed by atoms with van der Waals surface area (Å²) in [7, 11) is 0. The van der Waals surface area contributed by atoms with Gasteiger partial charge in [-0.25, -0.2) is 4.98 Å². The molecule has 0 aliphatic rings. The predicted octanol–water partition coefficient (Wildman–Crippen LogP) is 2.89. The van der Waals surface area contributed by atoms with Crippen LogP contribution in [0.5, 0.6) is 11.5 Å². The number of rotatable bonds is 6. The van der Waals surface area contributed by atoms with Crippen molar-refractivity contribution in [1.29, 1.82) is 5.41 Å². The lowest BCUT2D eigenvalue weighted by Crippen LogP contribution is -2.08. The van der Waals surface area contributed by atoms with Crippen molar-refractivity contribution in [2.24, 2.45) is 5.73 Å². The second-order valence-corrected chi connectivity index (χ2v) is 5.00. The summed E-state index contributed by atoms with van der Waals surface area (Å²) in [4.78, 5) is 4.95. The van der Waals surface area contributed by atoms with Crippen LogP contribution in [0, 0.1) is 5.41 Å². The highest BCUT2D eigenvalue weighted by Gasteiger charge is 2.11. The van der Waals surface area contributed by atoms with Crippen LogP contribution in [0.3, 0.4) is 0 Å². The zero-order valence-electron chi connectivity index (χ0n) is 11.5. The van der Waals surface area contributed by atoms with Gasteiger partial charge in [0.05, 0.1) is 18.1 Å². The first-order valence-corrected chi connectivity index (χ1v) is 7.17. The van der Waals surface area contributed by atoms with Gasteiger partial charge in [-0.15, -0.1) is 11.3 Å². The molecule has 2 aromatic rings. The lowest BCUT2D eigenvalue weighted by atomic mass is 10.2. The highest BCUT2D eigenvalue weighted by Crippen LogP contribution is 2.34. The molecule has 0 bridgehead atoms. The van der Waals surface area contributed by atoms with Gasteiger partial charge in [-0.1, -0.05) is 0 Å². The molecule has 106 valence electrons. The van der Waals surface area contributed by atoms with Gasteiger partial charge in [-0.3, -0.25) is 5.41 Å². The lowest BCUT2D eigenvalue weighted by molar-refractivity contribution is 0.288. The topological polar surface area (TPSA) is 81.2 Å². The number of benzene rings is 1. The molecule has 2 rings (SSSR count). The first-order valence-electron chi connectivity index (χ1n) is 6.36. The zero-order valence-corrected chi connectivity index (χ0v) is 12.3. The zero-order chi connectivity index (χ0) is 14.5. The Hall–Kier alpha value is -2.08. The summed E-state index contributed by atoms with van der Waals surface area (Å²) in [5, 5.41) is 8.22. The summed E-state index contributed by atoms with van der Waals surface area (Å²) in [6.07, 6.45) is 1.61. The van der Waals surface area contributed by atoms with Crippen LogP contribution in [0.2, 0.25) is 0 Å². The van der Waals surface area contributed by atoms with Crippen molar-refractivity contribution in [3.63, 3.8) is 0 Å². The van der Waals surface area contributed by atoms with E-state index < -0.39 is 0 Å². The lowest BCUT2D eigenvalue weighted by Gasteiger charge is -2.11. The maximum atomic E-state index is 7.41. The minimum atomic E-state index is 0.0321. The van der Waals surface area contributed by atoms with E-state index in [2.05, 4.69) is 4.98 Å². The molecule has 5 nitrogen and oxygen atoms in total. The van der Waals surface area contributed by atoms with Crippen LogP contribution in [0.4, 0.5) is 0 Å². The molecule has 0 atom stereocenters. The van der Waals surface area contributed by atoms with Crippen LogP contribution in [0.1, 0.15) is 18.7 Å². The van der Waals surface area contributed by atoms with Crippen LogP contribution in [0.25, 0.3) is 10.6 Å². The Kier molecular flexibility index (Phi) is 4.57. The second kappa shape index (κ2) is 6.38. The van der Waals surface area contributed by atoms with Gasteiger partial charge in [0.2, 0.25) is 0 Å². The quantitative estimate of drug-likeness (QED) is 0.633. The normalized spacial score (nSPS) is 10.3. The number of nitrogen functional groups attached to an aromatic ring is 1. The van der Waals surface area contributed by atoms with E-state index in [0.717, 1.165) is 16.3 Å². The summed E-state index contributed by atoms with van der Waals surface area (Å²) in [6.45, 7) is 5.02. The number of amidine groups is 1. The molecule has 0 unspecified atom stereocenters. The molecule has 20 heavy (non-hydrogen) atoms. The number of aromatic nitrogens is 1. The summed E-state index contributed by atoms with van der Waals surface area (Å²) >= 11 is 1.38. The number of nitrogens with one attached hydrogen (secondary N) is 1. The molecule has 0 aliphatic heterocycles. The first kappa shape index (κ1) is 14.3. The molecule has 0 spiro atoms. The molecule has 1 aromatic carbocycles. The van der Waals surface area contributed by atoms with E-state index >= 15 is 0 Å². The van der Waals surface area contributed by atoms with E-state index in [1.165, 1.54) is 11.3 Å². The van der Waals surface area contributed by atoms with E-state index in [9.17, 15) is 0 Å². The fourth-order valence-electron chi connectivity index (χ4n) is 1.72. The van der Waals surface area contributed by atoms with Gasteiger partial charge >= 0.3 is 0 Å². The van der Waals surface area contributed by atoms with E-state index in [4.69, 9.17) is 20.6 Å². The fourth-order valence-corrected chi connectivity index (χ4v) is 2.49. The highest BCUT2D eigenvalue weighted by atomic mass is 32.1. The fraction of sp³-hybridized carbons (Fsp3) is 0.286. The van der Waals surface area contributed by atoms with Gasteiger partial charge in [0, 0.05) is 11.8 Å². The molecular formula is C14H17N3O2S. The third-order valence-electron chi connectivity index (χ3n) is 2.56. The molecule has 0 fully saturated rings. The Balaban J connectivity index is 2.36. The first-order chi connectivity index (χ1) is 9.65. The van der Waals surface area contributed by atoms with E-state index in [0.29, 0.717) is 23.8 Å². The standard InChI is InChI=1S/C14H17N3O2S/c1-3-18-10-6-5-9(7-11(10)19-4-2)14-17-8-12(20-14)13(15)16/h5-8H,3-4H2,1-2H3,(H3,15,16). The number of nitrogens with two attached hydrogens (primary N) is 1. The average Bonchev–Trinajstić information content (AvgIpc) is 2.91. The molecule has 0 amide bonds. The van der Waals surface area contributed by atoms with E-state index in [1.807, 2.05) is 32.0 Å². The van der Waals surface area contributed by atoms with Gasteiger partial charge in [0.25, 0.3) is 0 Å². The van der Waals surface area contributed by atoms with Gasteiger partial charge in [-0.2, -0.15) is 0 Å². The monoisotopic (exact) mass is 291 g/mol. The summed E-state index contributed by atoms with van der Waals surface area (Å²) in [5.41, 5.74) is 6.38. The molecule has 3 N–H and O–H groups in total. The molecule has 6 heteroatoms. The van der Waals surface area contributed by atoms with Gasteiger partial charge < -0.3 is 15.2 Å². The smallest absolute Gasteiger partial charge is 0.161 e. The largest absolute Gasteiger partial charge is 0.490 e. The Morgan fingerprint density at radius 2 is 1.95 bits per heavy atom. The molecular weight excluding hydrogens is 274 g/mol. The average molecular weight is 291 g/mol. The van der Waals surface area contributed by atoms with Crippen LogP contribution >= 0.6 is 11.3 Å². The molecule has 1 heterocycles. The van der Waals surface area contributed by atoms with Crippen LogP contribution < -0.4 is 15.2 Å². The number of nitrogens with zero attached hydrogens (tertiary/aromatic N) is 1. The molecule has 0 saturated heterocycles. The van der Waals surface area contributed by atoms with Gasteiger partial charge in [-0.05, 0) is 32.0 Å². The summed E-state index contributed by atoms with van der Waals surface area (Å²) < 4.78 is 11.1. The highest BCUT2D eigenvalue weighted by molar-refractivity contribution is 7.16. The molecule has 1 aromatic heterocycles. The molecule has 0 aliphatic carbocycles. The maximum absolute atomic E-state index is 7.41. The Morgan fingerprint density at radius 1 is 1.25 bits per heavy atom. The van der Waals surface area contributed by atoms with Crippen molar-refractivity contribution in [2.75, 3.05) is 13.2 Å². The Bertz CT molecular complexity index is 610. The van der Waals surface area contributed by atoms with Crippen molar-refractivity contribution in [1.82, 2.24) is 4.98 Å². The number of hydrogen-bond donors (Lipinski definition) is 2. The summed E-state index contributed by atoms with van der Waals surface area (Å²) in [5.74, 6) is 1.46. The summed E-state index contributed by atoms with van der Waals surface area (Å²) in [6, 6.07) is 5.70. The number of ether oxygens (including phenoxy) is 2. The van der Waals surface area contributed by atoms with Crippen molar-refractivity contribution >= 4 is 17.2 Å². The van der Waals surface area contributed by atoms with Crippen molar-refractivity contribution in [3.05, 3.63) is 29.3 Å². The maximum Gasteiger partial charge on any atom is 0.161 e. The number of thiazole rings is 1. The number of hydrogen-bond acceptors (Lipinski definition) is 5. The van der Waals surface area contributed by atoms with E-state index in [-0.39, 0.29) is 5.84 Å². The van der Waals surface area contributed by atoms with E-state index in [1.54, 1.807) is 6.20 Å². The van der Waals surface area contributed by atoms with Crippen LogP contribution in [0.15, 0.2) is 24.4 Å². The molecule has 0 saturated carbocycles. The van der Waals surface area contributed by atoms with Crippen LogP contribution in [-0.2, 0) is 0 Å². The third kappa shape index (κ3) is 3.08. The Morgan fingerprint density at radius 3 is 2.55 bits per heavy atom. The minimum absolute atomic E-state index is 0.0321. The predicted molar refractivity (Wildman–Crippen MR) is 80.9 cm³/mol. The SMILES string of the molecule is CCOc1ccc(-c2ncc(C(=N)N)s2)cc1OCC. The van der Waals surface area contributed by atoms with Gasteiger partial charge in [0.15, 0.2) is 11.5 Å². The van der Waals surface area contributed by atoms with Crippen molar-refractivity contribution in [2.45, 2.75) is 13.8 Å². The van der Waals surface area contributed by atoms with Crippen molar-refractivity contribution < 1.29 is 9.47 Å². The third-order valence-corrected chi connectivity index (χ3v) is 3.64. The minimum Gasteiger partial charge on any atom is -0.490 e. The Labute approximate surface area is 121 Å². The van der Waals surface area contributed by atoms with Gasteiger partial charge in [0.1, 0.15) is 10.8 Å². The van der Waals surface area contributed by atoms with Crippen molar-refractivity contribution in [3.8, 4) is 22.1 Å².